The van der Waals surface area contributed by atoms with Crippen molar-refractivity contribution >= 4 is 21.6 Å². The van der Waals surface area contributed by atoms with Crippen LogP contribution in [0.1, 0.15) is 37.3 Å². The molecule has 156 valence electrons. The summed E-state index contributed by atoms with van der Waals surface area (Å²) in [5, 5.41) is 2.82. The molecular weight excluding hydrogens is 388 g/mol. The third-order valence-electron chi connectivity index (χ3n) is 5.24. The minimum atomic E-state index is -3.46. The first-order chi connectivity index (χ1) is 13.8. The van der Waals surface area contributed by atoms with Crippen LogP contribution >= 0.6 is 0 Å². The first kappa shape index (κ1) is 21.3. The highest BCUT2D eigenvalue weighted by Crippen LogP contribution is 2.23. The van der Waals surface area contributed by atoms with Crippen molar-refractivity contribution in [2.24, 2.45) is 0 Å². The van der Waals surface area contributed by atoms with Gasteiger partial charge in [0.2, 0.25) is 10.0 Å². The van der Waals surface area contributed by atoms with Crippen LogP contribution in [0.15, 0.2) is 47.4 Å². The topological polar surface area (TPSA) is 75.7 Å². The number of hydrogen-bond donors (Lipinski definition) is 1. The second-order valence-corrected chi connectivity index (χ2v) is 9.32. The molecule has 2 aromatic rings. The Morgan fingerprint density at radius 2 is 1.72 bits per heavy atom. The molecule has 3 rings (SSSR count). The van der Waals surface area contributed by atoms with E-state index in [4.69, 9.17) is 4.74 Å². The SMILES string of the molecule is CC[C@@H](Oc1ccc(C)c(C)c1)C(=O)Nc1ccc(S(=O)(=O)N2CCCC2)cc1. The monoisotopic (exact) mass is 416 g/mol. The van der Waals surface area contributed by atoms with Gasteiger partial charge in [-0.3, -0.25) is 4.79 Å². The zero-order valence-electron chi connectivity index (χ0n) is 17.1. The summed E-state index contributed by atoms with van der Waals surface area (Å²) in [6, 6.07) is 12.0. The van der Waals surface area contributed by atoms with Gasteiger partial charge in [0.15, 0.2) is 6.10 Å². The lowest BCUT2D eigenvalue weighted by Gasteiger charge is -2.18. The summed E-state index contributed by atoms with van der Waals surface area (Å²) in [6.07, 6.45) is 1.67. The number of rotatable bonds is 7. The Labute approximate surface area is 172 Å². The van der Waals surface area contributed by atoms with E-state index in [9.17, 15) is 13.2 Å². The van der Waals surface area contributed by atoms with Crippen LogP contribution in [0.25, 0.3) is 0 Å². The van der Waals surface area contributed by atoms with E-state index in [1.807, 2.05) is 39.0 Å². The number of nitrogens with zero attached hydrogens (tertiary/aromatic N) is 1. The summed E-state index contributed by atoms with van der Waals surface area (Å²) in [5.41, 5.74) is 2.81. The zero-order valence-corrected chi connectivity index (χ0v) is 18.0. The van der Waals surface area contributed by atoms with E-state index in [0.29, 0.717) is 30.9 Å². The van der Waals surface area contributed by atoms with Crippen molar-refractivity contribution in [2.45, 2.75) is 51.0 Å². The molecule has 1 aliphatic rings. The molecule has 2 aromatic carbocycles. The summed E-state index contributed by atoms with van der Waals surface area (Å²) < 4.78 is 32.6. The maximum Gasteiger partial charge on any atom is 0.265 e. The van der Waals surface area contributed by atoms with Crippen LogP contribution in [0.2, 0.25) is 0 Å². The number of nitrogens with one attached hydrogen (secondary N) is 1. The minimum Gasteiger partial charge on any atom is -0.481 e. The fourth-order valence-corrected chi connectivity index (χ4v) is 4.80. The van der Waals surface area contributed by atoms with Crippen LogP contribution in [0, 0.1) is 13.8 Å². The molecule has 0 radical (unpaired) electrons. The van der Waals surface area contributed by atoms with Crippen LogP contribution in [-0.2, 0) is 14.8 Å². The van der Waals surface area contributed by atoms with Gasteiger partial charge in [0.1, 0.15) is 5.75 Å². The lowest BCUT2D eigenvalue weighted by Crippen LogP contribution is -2.32. The van der Waals surface area contributed by atoms with Crippen LogP contribution < -0.4 is 10.1 Å². The molecule has 1 fully saturated rings. The molecular formula is C22H28N2O4S. The molecule has 0 bridgehead atoms. The van der Waals surface area contributed by atoms with Gasteiger partial charge < -0.3 is 10.1 Å². The van der Waals surface area contributed by atoms with Gasteiger partial charge in [0.25, 0.3) is 5.91 Å². The fraction of sp³-hybridized carbons (Fsp3) is 0.409. The van der Waals surface area contributed by atoms with Crippen molar-refractivity contribution < 1.29 is 17.9 Å². The number of benzene rings is 2. The van der Waals surface area contributed by atoms with Crippen molar-refractivity contribution in [1.82, 2.24) is 4.31 Å². The Morgan fingerprint density at radius 3 is 2.31 bits per heavy atom. The van der Waals surface area contributed by atoms with Gasteiger partial charge in [-0.1, -0.05) is 13.0 Å². The Kier molecular flexibility index (Phi) is 6.59. The van der Waals surface area contributed by atoms with Gasteiger partial charge in [0, 0.05) is 18.8 Å². The first-order valence-electron chi connectivity index (χ1n) is 9.96. The standard InChI is InChI=1S/C22H28N2O4S/c1-4-21(28-19-10-7-16(2)17(3)15-19)22(25)23-18-8-11-20(12-9-18)29(26,27)24-13-5-6-14-24/h7-12,15,21H,4-6,13-14H2,1-3H3,(H,23,25)/t21-/m1/s1. The average molecular weight is 417 g/mol. The number of carbonyl (C=O) groups excluding carboxylic acids is 1. The highest BCUT2D eigenvalue weighted by atomic mass is 32.2. The second-order valence-electron chi connectivity index (χ2n) is 7.39. The number of ether oxygens (including phenoxy) is 1. The summed E-state index contributed by atoms with van der Waals surface area (Å²) in [6.45, 7) is 7.04. The Morgan fingerprint density at radius 1 is 1.07 bits per heavy atom. The molecule has 1 atom stereocenters. The number of aryl methyl sites for hydroxylation is 2. The average Bonchev–Trinajstić information content (AvgIpc) is 3.25. The molecule has 1 aliphatic heterocycles. The van der Waals surface area contributed by atoms with E-state index in [-0.39, 0.29) is 10.8 Å². The van der Waals surface area contributed by atoms with E-state index < -0.39 is 16.1 Å². The molecule has 1 N–H and O–H groups in total. The van der Waals surface area contributed by atoms with Gasteiger partial charge >= 0.3 is 0 Å². The molecule has 1 amide bonds. The van der Waals surface area contributed by atoms with Crippen molar-refractivity contribution in [2.75, 3.05) is 18.4 Å². The largest absolute Gasteiger partial charge is 0.481 e. The third-order valence-corrected chi connectivity index (χ3v) is 7.16. The Bertz CT molecular complexity index is 965. The maximum absolute atomic E-state index is 12.6. The van der Waals surface area contributed by atoms with E-state index in [0.717, 1.165) is 18.4 Å². The fourth-order valence-electron chi connectivity index (χ4n) is 3.28. The van der Waals surface area contributed by atoms with Crippen LogP contribution in [0.5, 0.6) is 5.75 Å². The molecule has 1 heterocycles. The molecule has 0 aromatic heterocycles. The van der Waals surface area contributed by atoms with E-state index in [1.165, 1.54) is 22.0 Å². The molecule has 0 aliphatic carbocycles. The summed E-state index contributed by atoms with van der Waals surface area (Å²) >= 11 is 0. The molecule has 0 saturated carbocycles. The normalized spacial score (nSPS) is 15.8. The van der Waals surface area contributed by atoms with E-state index in [1.54, 1.807) is 12.1 Å². The summed E-state index contributed by atoms with van der Waals surface area (Å²) in [7, 11) is -3.46. The molecule has 0 unspecified atom stereocenters. The van der Waals surface area contributed by atoms with Crippen molar-refractivity contribution in [3.63, 3.8) is 0 Å². The number of amides is 1. The van der Waals surface area contributed by atoms with Gasteiger partial charge in [0.05, 0.1) is 4.90 Å². The summed E-state index contributed by atoms with van der Waals surface area (Å²) in [5.74, 6) is 0.392. The zero-order chi connectivity index (χ0) is 21.0. The quantitative estimate of drug-likeness (QED) is 0.743. The predicted octanol–water partition coefficient (Wildman–Crippen LogP) is 3.88. The first-order valence-corrected chi connectivity index (χ1v) is 11.4. The van der Waals surface area contributed by atoms with Gasteiger partial charge in [-0.2, -0.15) is 4.31 Å². The van der Waals surface area contributed by atoms with Crippen molar-refractivity contribution in [3.05, 3.63) is 53.6 Å². The number of sulfonamides is 1. The molecule has 0 spiro atoms. The molecule has 7 heteroatoms. The van der Waals surface area contributed by atoms with Crippen LogP contribution in [-0.4, -0.2) is 37.8 Å². The van der Waals surface area contributed by atoms with E-state index >= 15 is 0 Å². The van der Waals surface area contributed by atoms with Gasteiger partial charge in [-0.05, 0) is 80.6 Å². The minimum absolute atomic E-state index is 0.246. The van der Waals surface area contributed by atoms with Crippen molar-refractivity contribution in [1.29, 1.82) is 0 Å². The number of anilines is 1. The van der Waals surface area contributed by atoms with Gasteiger partial charge in [-0.25, -0.2) is 8.42 Å². The van der Waals surface area contributed by atoms with E-state index in [2.05, 4.69) is 5.32 Å². The molecule has 29 heavy (non-hydrogen) atoms. The number of carbonyl (C=O) groups is 1. The Balaban J connectivity index is 1.66. The molecule has 1 saturated heterocycles. The van der Waals surface area contributed by atoms with Crippen LogP contribution in [0.3, 0.4) is 0 Å². The molecule has 6 nitrogen and oxygen atoms in total. The lowest BCUT2D eigenvalue weighted by atomic mass is 10.1. The lowest BCUT2D eigenvalue weighted by molar-refractivity contribution is -0.122. The smallest absolute Gasteiger partial charge is 0.265 e. The maximum atomic E-state index is 12.6. The predicted molar refractivity (Wildman–Crippen MR) is 114 cm³/mol. The highest BCUT2D eigenvalue weighted by molar-refractivity contribution is 7.89. The second kappa shape index (κ2) is 8.97. The summed E-state index contributed by atoms with van der Waals surface area (Å²) in [4.78, 5) is 12.9. The van der Waals surface area contributed by atoms with Gasteiger partial charge in [-0.15, -0.1) is 0 Å². The highest BCUT2D eigenvalue weighted by Gasteiger charge is 2.27. The third kappa shape index (κ3) is 4.97. The van der Waals surface area contributed by atoms with Crippen molar-refractivity contribution in [3.8, 4) is 5.75 Å². The van der Waals surface area contributed by atoms with Crippen LogP contribution in [0.4, 0.5) is 5.69 Å². The number of hydrogen-bond acceptors (Lipinski definition) is 4. The Hall–Kier alpha value is -2.38.